The van der Waals surface area contributed by atoms with Crippen LogP contribution in [0.25, 0.3) is 0 Å². The molecule has 15 heavy (non-hydrogen) atoms. The number of rotatable bonds is 6. The van der Waals surface area contributed by atoms with E-state index in [0.29, 0.717) is 10.8 Å². The molecule has 0 bridgehead atoms. The highest BCUT2D eigenvalue weighted by Gasteiger charge is 2.52. The van der Waals surface area contributed by atoms with Gasteiger partial charge in [0.25, 0.3) is 0 Å². The molecule has 0 radical (unpaired) electrons. The second-order valence-electron chi connectivity index (χ2n) is 6.11. The van der Waals surface area contributed by atoms with Crippen LogP contribution in [0.5, 0.6) is 0 Å². The summed E-state index contributed by atoms with van der Waals surface area (Å²) in [5.74, 6) is 1.76. The Balaban J connectivity index is 2.81. The van der Waals surface area contributed by atoms with E-state index in [2.05, 4.69) is 41.5 Å². The van der Waals surface area contributed by atoms with E-state index in [1.165, 1.54) is 32.1 Å². The van der Waals surface area contributed by atoms with Crippen LogP contribution in [-0.2, 0) is 0 Å². The van der Waals surface area contributed by atoms with Gasteiger partial charge < -0.3 is 0 Å². The minimum absolute atomic E-state index is 0.557. The van der Waals surface area contributed by atoms with Crippen molar-refractivity contribution >= 4 is 0 Å². The summed E-state index contributed by atoms with van der Waals surface area (Å²) >= 11 is 0. The first-order valence-corrected chi connectivity index (χ1v) is 6.96. The predicted octanol–water partition coefficient (Wildman–Crippen LogP) is 5.28. The highest BCUT2D eigenvalue weighted by atomic mass is 14.6. The van der Waals surface area contributed by atoms with Gasteiger partial charge in [0.15, 0.2) is 0 Å². The minimum Gasteiger partial charge on any atom is -0.0651 e. The summed E-state index contributed by atoms with van der Waals surface area (Å²) < 4.78 is 0. The van der Waals surface area contributed by atoms with Gasteiger partial charge in [-0.2, -0.15) is 0 Å². The van der Waals surface area contributed by atoms with E-state index in [-0.39, 0.29) is 0 Å². The van der Waals surface area contributed by atoms with E-state index >= 15 is 0 Å². The molecule has 0 spiro atoms. The van der Waals surface area contributed by atoms with Gasteiger partial charge in [-0.25, -0.2) is 0 Å². The highest BCUT2D eigenvalue weighted by Crippen LogP contribution is 2.62. The fourth-order valence-electron chi connectivity index (χ4n) is 3.50. The van der Waals surface area contributed by atoms with E-state index in [0.717, 1.165) is 11.8 Å². The first-order valence-electron chi connectivity index (χ1n) is 6.96. The number of hydrogen-bond acceptors (Lipinski definition) is 0. The Hall–Kier alpha value is 0. The minimum atomic E-state index is 0.557. The summed E-state index contributed by atoms with van der Waals surface area (Å²) in [6.45, 7) is 14.6. The Kier molecular flexibility index (Phi) is 3.90. The molecule has 0 amide bonds. The van der Waals surface area contributed by atoms with E-state index in [4.69, 9.17) is 0 Å². The van der Waals surface area contributed by atoms with Gasteiger partial charge in [0.1, 0.15) is 0 Å². The first-order chi connectivity index (χ1) is 6.96. The molecule has 0 aromatic carbocycles. The molecule has 0 aromatic rings. The Bertz CT molecular complexity index is 202. The van der Waals surface area contributed by atoms with Gasteiger partial charge >= 0.3 is 0 Å². The van der Waals surface area contributed by atoms with E-state index in [1.807, 2.05) is 0 Å². The zero-order valence-electron chi connectivity index (χ0n) is 11.7. The lowest BCUT2D eigenvalue weighted by Gasteiger charge is -2.44. The van der Waals surface area contributed by atoms with E-state index in [9.17, 15) is 0 Å². The fourth-order valence-corrected chi connectivity index (χ4v) is 3.50. The molecular formula is C15H30. The largest absolute Gasteiger partial charge is 0.0651 e. The van der Waals surface area contributed by atoms with Gasteiger partial charge in [-0.15, -0.1) is 0 Å². The average Bonchev–Trinajstić information content (AvgIpc) is 3.06. The Morgan fingerprint density at radius 1 is 1.13 bits per heavy atom. The SMILES string of the molecule is CCC(C)C(C)(CC)C(C)C1(CC)CC1. The molecule has 1 aliphatic rings. The van der Waals surface area contributed by atoms with Crippen LogP contribution in [0.1, 0.15) is 73.6 Å². The molecule has 0 aromatic heterocycles. The molecule has 3 unspecified atom stereocenters. The van der Waals surface area contributed by atoms with Crippen LogP contribution < -0.4 is 0 Å². The lowest BCUT2D eigenvalue weighted by molar-refractivity contribution is 0.0487. The molecule has 1 aliphatic carbocycles. The summed E-state index contributed by atoms with van der Waals surface area (Å²) in [6.07, 6.45) is 7.02. The molecule has 0 saturated heterocycles. The molecule has 0 heteroatoms. The molecule has 0 N–H and O–H groups in total. The van der Waals surface area contributed by atoms with Crippen molar-refractivity contribution < 1.29 is 0 Å². The standard InChI is InChI=1S/C15H30/c1-7-12(4)14(6,8-2)13(5)15(9-3)10-11-15/h12-13H,7-11H2,1-6H3. The van der Waals surface area contributed by atoms with Crippen LogP contribution in [0.2, 0.25) is 0 Å². The quantitative estimate of drug-likeness (QED) is 0.560. The van der Waals surface area contributed by atoms with Gasteiger partial charge in [-0.3, -0.25) is 0 Å². The Morgan fingerprint density at radius 3 is 1.93 bits per heavy atom. The van der Waals surface area contributed by atoms with Crippen molar-refractivity contribution in [1.82, 2.24) is 0 Å². The van der Waals surface area contributed by atoms with E-state index in [1.54, 1.807) is 0 Å². The van der Waals surface area contributed by atoms with Crippen molar-refractivity contribution in [3.8, 4) is 0 Å². The van der Waals surface area contributed by atoms with Crippen LogP contribution in [-0.4, -0.2) is 0 Å². The lowest BCUT2D eigenvalue weighted by atomic mass is 9.61. The maximum absolute atomic E-state index is 2.53. The van der Waals surface area contributed by atoms with Gasteiger partial charge in [0.2, 0.25) is 0 Å². The molecule has 0 heterocycles. The maximum atomic E-state index is 2.53. The van der Waals surface area contributed by atoms with Crippen molar-refractivity contribution in [2.45, 2.75) is 73.6 Å². The van der Waals surface area contributed by atoms with Crippen molar-refractivity contribution in [1.29, 1.82) is 0 Å². The third kappa shape index (κ3) is 2.10. The lowest BCUT2D eigenvalue weighted by Crippen LogP contribution is -2.36. The molecule has 90 valence electrons. The molecular weight excluding hydrogens is 180 g/mol. The first kappa shape index (κ1) is 13.1. The van der Waals surface area contributed by atoms with Crippen molar-refractivity contribution in [2.24, 2.45) is 22.7 Å². The van der Waals surface area contributed by atoms with Gasteiger partial charge in [-0.1, -0.05) is 60.8 Å². The van der Waals surface area contributed by atoms with Gasteiger partial charge in [0.05, 0.1) is 0 Å². The third-order valence-corrected chi connectivity index (χ3v) is 6.00. The third-order valence-electron chi connectivity index (χ3n) is 6.00. The van der Waals surface area contributed by atoms with E-state index < -0.39 is 0 Å². The zero-order valence-corrected chi connectivity index (χ0v) is 11.7. The summed E-state index contributed by atoms with van der Waals surface area (Å²) in [5.41, 5.74) is 1.27. The average molecular weight is 210 g/mol. The van der Waals surface area contributed by atoms with Crippen molar-refractivity contribution in [3.05, 3.63) is 0 Å². The van der Waals surface area contributed by atoms with Crippen LogP contribution in [0.3, 0.4) is 0 Å². The van der Waals surface area contributed by atoms with Gasteiger partial charge in [0, 0.05) is 0 Å². The zero-order chi connectivity index (χ0) is 11.7. The Morgan fingerprint density at radius 2 is 1.67 bits per heavy atom. The maximum Gasteiger partial charge on any atom is -0.0269 e. The number of hydrogen-bond donors (Lipinski definition) is 0. The second kappa shape index (κ2) is 4.47. The summed E-state index contributed by atoms with van der Waals surface area (Å²) in [5, 5.41) is 0. The summed E-state index contributed by atoms with van der Waals surface area (Å²) in [7, 11) is 0. The second-order valence-corrected chi connectivity index (χ2v) is 6.11. The fraction of sp³-hybridized carbons (Fsp3) is 1.00. The molecule has 3 atom stereocenters. The molecule has 0 aliphatic heterocycles. The smallest absolute Gasteiger partial charge is 0.0269 e. The topological polar surface area (TPSA) is 0 Å². The molecule has 1 rings (SSSR count). The molecule has 1 saturated carbocycles. The molecule has 1 fully saturated rings. The molecule has 0 nitrogen and oxygen atoms in total. The normalized spacial score (nSPS) is 26.8. The van der Waals surface area contributed by atoms with Crippen LogP contribution in [0.15, 0.2) is 0 Å². The summed E-state index contributed by atoms with van der Waals surface area (Å²) in [4.78, 5) is 0. The van der Waals surface area contributed by atoms with Crippen molar-refractivity contribution in [2.75, 3.05) is 0 Å². The van der Waals surface area contributed by atoms with Gasteiger partial charge in [-0.05, 0) is 35.5 Å². The van der Waals surface area contributed by atoms with Crippen molar-refractivity contribution in [3.63, 3.8) is 0 Å². The monoisotopic (exact) mass is 210 g/mol. The van der Waals surface area contributed by atoms with Crippen LogP contribution in [0.4, 0.5) is 0 Å². The highest BCUT2D eigenvalue weighted by molar-refractivity contribution is 5.02. The predicted molar refractivity (Wildman–Crippen MR) is 69.0 cm³/mol. The Labute approximate surface area is 96.8 Å². The van der Waals surface area contributed by atoms with Crippen LogP contribution >= 0.6 is 0 Å². The van der Waals surface area contributed by atoms with Crippen LogP contribution in [0, 0.1) is 22.7 Å². The summed E-state index contributed by atoms with van der Waals surface area (Å²) in [6, 6.07) is 0.